The Hall–Kier alpha value is -1.52. The van der Waals surface area contributed by atoms with Gasteiger partial charge in [0.05, 0.1) is 6.04 Å². The maximum Gasteiger partial charge on any atom is 0.149 e. The summed E-state index contributed by atoms with van der Waals surface area (Å²) in [7, 11) is 0. The number of nitrogens with zero attached hydrogens (tertiary/aromatic N) is 2. The molecule has 0 amide bonds. The first-order valence-corrected chi connectivity index (χ1v) is 6.55. The third kappa shape index (κ3) is 3.49. The van der Waals surface area contributed by atoms with E-state index in [0.29, 0.717) is 16.4 Å². The Morgan fingerprint density at radius 1 is 1.32 bits per heavy atom. The molecule has 2 rings (SSSR count). The molecule has 5 heteroatoms. The van der Waals surface area contributed by atoms with Crippen LogP contribution in [-0.4, -0.2) is 16.5 Å². The molecule has 0 aliphatic heterocycles. The van der Waals surface area contributed by atoms with Gasteiger partial charge in [0, 0.05) is 17.4 Å². The van der Waals surface area contributed by atoms with Crippen molar-refractivity contribution in [1.82, 2.24) is 15.3 Å². The smallest absolute Gasteiger partial charge is 0.149 e. The zero-order chi connectivity index (χ0) is 13.7. The Morgan fingerprint density at radius 3 is 2.74 bits per heavy atom. The first-order chi connectivity index (χ1) is 9.22. The number of benzene rings is 1. The van der Waals surface area contributed by atoms with Gasteiger partial charge in [-0.3, -0.25) is 0 Å². The number of aromatic nitrogens is 2. The predicted molar refractivity (Wildman–Crippen MR) is 73.6 cm³/mol. The minimum atomic E-state index is -0.321. The first-order valence-electron chi connectivity index (χ1n) is 6.17. The van der Waals surface area contributed by atoms with Crippen molar-refractivity contribution in [1.29, 1.82) is 0 Å². The van der Waals surface area contributed by atoms with Crippen LogP contribution in [0, 0.1) is 5.82 Å². The summed E-state index contributed by atoms with van der Waals surface area (Å²) in [5.74, 6) is 0.266. The summed E-state index contributed by atoms with van der Waals surface area (Å²) in [5.41, 5.74) is 0.654. The number of halogens is 2. The Morgan fingerprint density at radius 2 is 2.05 bits per heavy atom. The Kier molecular flexibility index (Phi) is 4.82. The van der Waals surface area contributed by atoms with Gasteiger partial charge in [-0.1, -0.05) is 18.5 Å². The summed E-state index contributed by atoms with van der Waals surface area (Å²) in [6.45, 7) is 2.83. The van der Waals surface area contributed by atoms with Gasteiger partial charge in [-0.05, 0) is 42.8 Å². The molecular formula is C14H15ClFN3. The van der Waals surface area contributed by atoms with Crippen molar-refractivity contribution >= 4 is 11.6 Å². The summed E-state index contributed by atoms with van der Waals surface area (Å²) in [4.78, 5) is 8.45. The molecule has 0 aliphatic carbocycles. The highest BCUT2D eigenvalue weighted by Gasteiger charge is 2.19. The van der Waals surface area contributed by atoms with E-state index in [4.69, 9.17) is 11.6 Å². The lowest BCUT2D eigenvalue weighted by atomic mass is 10.1. The number of hydrogen-bond donors (Lipinski definition) is 1. The number of nitrogens with one attached hydrogen (secondary N) is 1. The van der Waals surface area contributed by atoms with Crippen molar-refractivity contribution in [3.05, 3.63) is 58.9 Å². The normalized spacial score (nSPS) is 12.4. The van der Waals surface area contributed by atoms with Crippen LogP contribution in [0.4, 0.5) is 4.39 Å². The SMILES string of the molecule is CCCNC(c1ncccn1)c1cc(F)ccc1Cl. The average molecular weight is 280 g/mol. The van der Waals surface area contributed by atoms with E-state index >= 15 is 0 Å². The summed E-state index contributed by atoms with van der Waals surface area (Å²) >= 11 is 6.16. The minimum Gasteiger partial charge on any atom is -0.304 e. The second kappa shape index (κ2) is 6.59. The van der Waals surface area contributed by atoms with Gasteiger partial charge < -0.3 is 5.32 Å². The topological polar surface area (TPSA) is 37.8 Å². The van der Waals surface area contributed by atoms with E-state index in [0.717, 1.165) is 13.0 Å². The second-order valence-electron chi connectivity index (χ2n) is 4.16. The monoisotopic (exact) mass is 279 g/mol. The van der Waals surface area contributed by atoms with E-state index in [9.17, 15) is 4.39 Å². The first kappa shape index (κ1) is 13.9. The highest BCUT2D eigenvalue weighted by atomic mass is 35.5. The summed E-state index contributed by atoms with van der Waals surface area (Å²) in [6, 6.07) is 5.76. The van der Waals surface area contributed by atoms with E-state index in [-0.39, 0.29) is 11.9 Å². The molecule has 0 saturated heterocycles. The average Bonchev–Trinajstić information content (AvgIpc) is 2.44. The summed E-state index contributed by atoms with van der Waals surface area (Å²) in [5, 5.41) is 3.80. The van der Waals surface area contributed by atoms with Gasteiger partial charge in [-0.25, -0.2) is 14.4 Å². The van der Waals surface area contributed by atoms with Crippen molar-refractivity contribution in [2.45, 2.75) is 19.4 Å². The molecule has 0 saturated carbocycles. The van der Waals surface area contributed by atoms with Gasteiger partial charge in [0.15, 0.2) is 0 Å². The highest BCUT2D eigenvalue weighted by molar-refractivity contribution is 6.31. The fourth-order valence-corrected chi connectivity index (χ4v) is 2.05. The molecule has 0 aliphatic rings. The molecule has 1 aromatic heterocycles. The quantitative estimate of drug-likeness (QED) is 0.912. The van der Waals surface area contributed by atoms with E-state index in [2.05, 4.69) is 22.2 Å². The van der Waals surface area contributed by atoms with E-state index in [1.165, 1.54) is 12.1 Å². The fourth-order valence-electron chi connectivity index (χ4n) is 1.82. The van der Waals surface area contributed by atoms with E-state index in [1.54, 1.807) is 24.5 Å². The second-order valence-corrected chi connectivity index (χ2v) is 4.57. The van der Waals surface area contributed by atoms with Gasteiger partial charge >= 0.3 is 0 Å². The molecule has 0 spiro atoms. The van der Waals surface area contributed by atoms with Crippen LogP contribution >= 0.6 is 11.6 Å². The van der Waals surface area contributed by atoms with Crippen LogP contribution in [-0.2, 0) is 0 Å². The molecule has 100 valence electrons. The lowest BCUT2D eigenvalue weighted by molar-refractivity contribution is 0.564. The van der Waals surface area contributed by atoms with Crippen LogP contribution in [0.5, 0.6) is 0 Å². The Labute approximate surface area is 116 Å². The van der Waals surface area contributed by atoms with Crippen molar-refractivity contribution in [3.8, 4) is 0 Å². The van der Waals surface area contributed by atoms with Crippen LogP contribution in [0.25, 0.3) is 0 Å². The van der Waals surface area contributed by atoms with Gasteiger partial charge in [0.1, 0.15) is 11.6 Å². The summed E-state index contributed by atoms with van der Waals surface area (Å²) in [6.07, 6.45) is 4.28. The lowest BCUT2D eigenvalue weighted by Gasteiger charge is -2.18. The molecule has 3 nitrogen and oxygen atoms in total. The van der Waals surface area contributed by atoms with Gasteiger partial charge in [-0.15, -0.1) is 0 Å². The Balaban J connectivity index is 2.40. The fraction of sp³-hybridized carbons (Fsp3) is 0.286. The molecule has 0 radical (unpaired) electrons. The number of hydrogen-bond acceptors (Lipinski definition) is 3. The van der Waals surface area contributed by atoms with Gasteiger partial charge in [0.25, 0.3) is 0 Å². The molecule has 1 N–H and O–H groups in total. The van der Waals surface area contributed by atoms with Crippen molar-refractivity contribution in [2.24, 2.45) is 0 Å². The lowest BCUT2D eigenvalue weighted by Crippen LogP contribution is -2.25. The van der Waals surface area contributed by atoms with Gasteiger partial charge in [0.2, 0.25) is 0 Å². The number of rotatable bonds is 5. The molecule has 19 heavy (non-hydrogen) atoms. The molecule has 1 heterocycles. The van der Waals surface area contributed by atoms with Crippen LogP contribution in [0.2, 0.25) is 5.02 Å². The van der Waals surface area contributed by atoms with E-state index < -0.39 is 0 Å². The maximum atomic E-state index is 13.4. The molecule has 1 unspecified atom stereocenters. The third-order valence-corrected chi connectivity index (χ3v) is 3.06. The van der Waals surface area contributed by atoms with Crippen LogP contribution < -0.4 is 5.32 Å². The zero-order valence-corrected chi connectivity index (χ0v) is 11.4. The van der Waals surface area contributed by atoms with Crippen molar-refractivity contribution < 1.29 is 4.39 Å². The van der Waals surface area contributed by atoms with Crippen LogP contribution in [0.3, 0.4) is 0 Å². The molecule has 2 aromatic rings. The molecule has 1 atom stereocenters. The van der Waals surface area contributed by atoms with E-state index in [1.807, 2.05) is 0 Å². The van der Waals surface area contributed by atoms with Crippen LogP contribution in [0.1, 0.15) is 30.8 Å². The molecule has 1 aromatic carbocycles. The standard InChI is InChI=1S/C14H15ClFN3/c1-2-6-17-13(14-18-7-3-8-19-14)11-9-10(16)4-5-12(11)15/h3-5,7-9,13,17H,2,6H2,1H3. The third-order valence-electron chi connectivity index (χ3n) is 2.71. The van der Waals surface area contributed by atoms with Crippen molar-refractivity contribution in [3.63, 3.8) is 0 Å². The van der Waals surface area contributed by atoms with Gasteiger partial charge in [-0.2, -0.15) is 0 Å². The molecular weight excluding hydrogens is 265 g/mol. The van der Waals surface area contributed by atoms with Crippen molar-refractivity contribution in [2.75, 3.05) is 6.54 Å². The molecule has 0 fully saturated rings. The van der Waals surface area contributed by atoms with Crippen LogP contribution in [0.15, 0.2) is 36.7 Å². The summed E-state index contributed by atoms with van der Waals surface area (Å²) < 4.78 is 13.4. The predicted octanol–water partition coefficient (Wildman–Crippen LogP) is 3.36. The minimum absolute atomic E-state index is 0.302. The largest absolute Gasteiger partial charge is 0.304 e. The highest BCUT2D eigenvalue weighted by Crippen LogP contribution is 2.27. The molecule has 0 bridgehead atoms. The maximum absolute atomic E-state index is 13.4. The zero-order valence-electron chi connectivity index (χ0n) is 10.6. The Bertz CT molecular complexity index is 533.